The van der Waals surface area contributed by atoms with E-state index in [1.54, 1.807) is 0 Å². The number of rotatable bonds is 7. The van der Waals surface area contributed by atoms with E-state index in [1.165, 1.54) is 18.2 Å². The lowest BCUT2D eigenvalue weighted by Crippen LogP contribution is -2.30. The van der Waals surface area contributed by atoms with Gasteiger partial charge in [0.1, 0.15) is 5.82 Å². The molecule has 0 heterocycles. The molecule has 0 spiro atoms. The van der Waals surface area contributed by atoms with Crippen molar-refractivity contribution >= 4 is 28.5 Å². The third kappa shape index (κ3) is 5.44. The molecule has 0 aliphatic heterocycles. The lowest BCUT2D eigenvalue weighted by molar-refractivity contribution is 0.0942. The number of carbonyl (C=O) groups is 1. The Bertz CT molecular complexity index is 420. The Morgan fingerprint density at radius 3 is 2.79 bits per heavy atom. The Kier molecular flexibility index (Phi) is 7.30. The second-order valence-electron chi connectivity index (χ2n) is 4.50. The third-order valence-electron chi connectivity index (χ3n) is 2.96. The number of aliphatic hydroxyl groups excluding tert-OH is 1. The van der Waals surface area contributed by atoms with Crippen LogP contribution < -0.4 is 5.32 Å². The Morgan fingerprint density at radius 2 is 2.21 bits per heavy atom. The number of halogens is 2. The monoisotopic (exact) mass is 379 g/mol. The molecule has 3 nitrogen and oxygen atoms in total. The molecule has 5 heteroatoms. The van der Waals surface area contributed by atoms with Gasteiger partial charge in [-0.15, -0.1) is 0 Å². The van der Waals surface area contributed by atoms with Crippen molar-refractivity contribution in [1.29, 1.82) is 0 Å². The molecule has 2 N–H and O–H groups in total. The first-order chi connectivity index (χ1) is 9.08. The zero-order valence-corrected chi connectivity index (χ0v) is 13.1. The molecule has 1 aromatic rings. The molecule has 19 heavy (non-hydrogen) atoms. The highest BCUT2D eigenvalue weighted by molar-refractivity contribution is 14.1. The van der Waals surface area contributed by atoms with Gasteiger partial charge in [-0.25, -0.2) is 4.39 Å². The Hall–Kier alpha value is -0.690. The van der Waals surface area contributed by atoms with Crippen LogP contribution in [-0.4, -0.2) is 24.2 Å². The van der Waals surface area contributed by atoms with Gasteiger partial charge in [0, 0.05) is 16.7 Å². The van der Waals surface area contributed by atoms with Gasteiger partial charge in [-0.2, -0.15) is 0 Å². The number of carbonyl (C=O) groups excluding carboxylic acids is 1. The fourth-order valence-electron chi connectivity index (χ4n) is 1.95. The summed E-state index contributed by atoms with van der Waals surface area (Å²) in [5.41, 5.74) is 0.487. The normalized spacial score (nSPS) is 12.2. The topological polar surface area (TPSA) is 49.3 Å². The average molecular weight is 379 g/mol. The molecule has 0 radical (unpaired) electrons. The summed E-state index contributed by atoms with van der Waals surface area (Å²) < 4.78 is 13.6. The van der Waals surface area contributed by atoms with E-state index < -0.39 is 0 Å². The van der Waals surface area contributed by atoms with Crippen molar-refractivity contribution in [3.63, 3.8) is 0 Å². The van der Waals surface area contributed by atoms with Gasteiger partial charge in [-0.05, 0) is 59.5 Å². The van der Waals surface area contributed by atoms with E-state index in [9.17, 15) is 9.18 Å². The van der Waals surface area contributed by atoms with Gasteiger partial charge >= 0.3 is 0 Å². The molecule has 1 atom stereocenters. The summed E-state index contributed by atoms with van der Waals surface area (Å²) in [5, 5.41) is 11.8. The van der Waals surface area contributed by atoms with Crippen molar-refractivity contribution in [3.05, 3.63) is 33.1 Å². The zero-order chi connectivity index (χ0) is 14.3. The van der Waals surface area contributed by atoms with Crippen molar-refractivity contribution in [3.8, 4) is 0 Å². The van der Waals surface area contributed by atoms with Gasteiger partial charge in [-0.1, -0.05) is 13.3 Å². The molecule has 0 aliphatic carbocycles. The highest BCUT2D eigenvalue weighted by Gasteiger charge is 2.13. The first-order valence-electron chi connectivity index (χ1n) is 6.42. The molecule has 106 valence electrons. The number of amides is 1. The molecule has 0 bridgehead atoms. The first kappa shape index (κ1) is 16.4. The maximum atomic E-state index is 13.0. The molecule has 0 aliphatic rings. The molecular formula is C14H19FINO2. The fourth-order valence-corrected chi connectivity index (χ4v) is 2.67. The minimum atomic E-state index is -0.343. The number of hydrogen-bond donors (Lipinski definition) is 2. The van der Waals surface area contributed by atoms with E-state index in [1.807, 2.05) is 22.6 Å². The maximum Gasteiger partial charge on any atom is 0.252 e. The Labute approximate surface area is 126 Å². The lowest BCUT2D eigenvalue weighted by atomic mass is 10.00. The summed E-state index contributed by atoms with van der Waals surface area (Å²) in [5.74, 6) is -0.245. The van der Waals surface area contributed by atoms with Crippen LogP contribution in [0.3, 0.4) is 0 Å². The number of aliphatic hydroxyl groups is 1. The Balaban J connectivity index is 2.58. The van der Waals surface area contributed by atoms with Crippen LogP contribution in [0.4, 0.5) is 4.39 Å². The largest absolute Gasteiger partial charge is 0.396 e. The van der Waals surface area contributed by atoms with E-state index in [-0.39, 0.29) is 24.2 Å². The molecular weight excluding hydrogens is 360 g/mol. The number of nitrogens with one attached hydrogen (secondary N) is 1. The summed E-state index contributed by atoms with van der Waals surface area (Å²) in [6.45, 7) is 2.75. The molecule has 1 unspecified atom stereocenters. The second kappa shape index (κ2) is 8.47. The molecule has 1 amide bonds. The van der Waals surface area contributed by atoms with Crippen molar-refractivity contribution in [2.24, 2.45) is 5.92 Å². The van der Waals surface area contributed by atoms with Crippen LogP contribution in [0.15, 0.2) is 18.2 Å². The van der Waals surface area contributed by atoms with Gasteiger partial charge in [0.05, 0.1) is 5.56 Å². The fraction of sp³-hybridized carbons (Fsp3) is 0.500. The van der Waals surface area contributed by atoms with Crippen molar-refractivity contribution in [1.82, 2.24) is 5.32 Å². The van der Waals surface area contributed by atoms with Crippen LogP contribution in [0, 0.1) is 15.3 Å². The van der Waals surface area contributed by atoms with Crippen LogP contribution in [-0.2, 0) is 0 Å². The molecule has 1 rings (SSSR count). The van der Waals surface area contributed by atoms with E-state index in [2.05, 4.69) is 12.2 Å². The minimum Gasteiger partial charge on any atom is -0.396 e. The summed E-state index contributed by atoms with van der Waals surface area (Å²) >= 11 is 1.95. The highest BCUT2D eigenvalue weighted by Crippen LogP contribution is 2.15. The zero-order valence-electron chi connectivity index (χ0n) is 11.0. The van der Waals surface area contributed by atoms with Crippen LogP contribution in [0.5, 0.6) is 0 Å². The van der Waals surface area contributed by atoms with Gasteiger partial charge in [0.15, 0.2) is 0 Å². The van der Waals surface area contributed by atoms with Gasteiger partial charge in [0.2, 0.25) is 0 Å². The van der Waals surface area contributed by atoms with E-state index in [4.69, 9.17) is 5.11 Å². The van der Waals surface area contributed by atoms with Crippen LogP contribution in [0.1, 0.15) is 36.5 Å². The molecule has 0 fully saturated rings. The lowest BCUT2D eigenvalue weighted by Gasteiger charge is -2.16. The van der Waals surface area contributed by atoms with Gasteiger partial charge in [0.25, 0.3) is 5.91 Å². The van der Waals surface area contributed by atoms with Gasteiger partial charge < -0.3 is 10.4 Å². The van der Waals surface area contributed by atoms with Crippen molar-refractivity contribution < 1.29 is 14.3 Å². The number of hydrogen-bond acceptors (Lipinski definition) is 2. The maximum absolute atomic E-state index is 13.0. The van der Waals surface area contributed by atoms with E-state index in [0.29, 0.717) is 22.1 Å². The summed E-state index contributed by atoms with van der Waals surface area (Å²) in [7, 11) is 0. The second-order valence-corrected chi connectivity index (χ2v) is 5.66. The molecule has 1 aromatic carbocycles. The molecule has 0 saturated heterocycles. The average Bonchev–Trinajstić information content (AvgIpc) is 2.36. The van der Waals surface area contributed by atoms with Gasteiger partial charge in [-0.3, -0.25) is 4.79 Å². The highest BCUT2D eigenvalue weighted by atomic mass is 127. The number of benzene rings is 1. The summed E-state index contributed by atoms with van der Waals surface area (Å²) in [6, 6.07) is 4.12. The van der Waals surface area contributed by atoms with Crippen molar-refractivity contribution in [2.75, 3.05) is 13.2 Å². The molecule has 0 aromatic heterocycles. The van der Waals surface area contributed by atoms with Crippen LogP contribution in [0.25, 0.3) is 0 Å². The SMILES string of the molecule is CCCC(CCO)CNC(=O)c1ccc(F)cc1I. The standard InChI is InChI=1S/C14H19FINO2/c1-2-3-10(6-7-18)9-17-14(19)12-5-4-11(15)8-13(12)16/h4-5,8,10,18H,2-3,6-7,9H2,1H3,(H,17,19). The smallest absolute Gasteiger partial charge is 0.252 e. The summed E-state index contributed by atoms with van der Waals surface area (Å²) in [4.78, 5) is 12.0. The predicted molar refractivity (Wildman–Crippen MR) is 81.6 cm³/mol. The quantitative estimate of drug-likeness (QED) is 0.716. The van der Waals surface area contributed by atoms with Crippen LogP contribution in [0.2, 0.25) is 0 Å². The van der Waals surface area contributed by atoms with Crippen LogP contribution >= 0.6 is 22.6 Å². The van der Waals surface area contributed by atoms with E-state index >= 15 is 0 Å². The third-order valence-corrected chi connectivity index (χ3v) is 3.85. The van der Waals surface area contributed by atoms with E-state index in [0.717, 1.165) is 12.8 Å². The predicted octanol–water partition coefficient (Wildman–Crippen LogP) is 2.96. The van der Waals surface area contributed by atoms with Crippen molar-refractivity contribution in [2.45, 2.75) is 26.2 Å². The molecule has 0 saturated carbocycles. The Morgan fingerprint density at radius 1 is 1.47 bits per heavy atom. The minimum absolute atomic E-state index is 0.134. The summed E-state index contributed by atoms with van der Waals surface area (Å²) in [6.07, 6.45) is 2.69. The first-order valence-corrected chi connectivity index (χ1v) is 7.50.